The zero-order valence-electron chi connectivity index (χ0n) is 11.4. The van der Waals surface area contributed by atoms with Gasteiger partial charge < -0.3 is 15.7 Å². The molecular formula is C14H19Cl2N3O. The Morgan fingerprint density at radius 1 is 1.30 bits per heavy atom. The van der Waals surface area contributed by atoms with Gasteiger partial charge in [0, 0.05) is 30.2 Å². The lowest BCUT2D eigenvalue weighted by atomic mass is 10.1. The monoisotopic (exact) mass is 315 g/mol. The van der Waals surface area contributed by atoms with Gasteiger partial charge in [-0.1, -0.05) is 23.2 Å². The highest BCUT2D eigenvalue weighted by Crippen LogP contribution is 2.27. The number of hydrogen-bond acceptors (Lipinski definition) is 2. The van der Waals surface area contributed by atoms with Crippen molar-refractivity contribution in [2.24, 2.45) is 10.9 Å². The van der Waals surface area contributed by atoms with E-state index in [0.29, 0.717) is 28.1 Å². The van der Waals surface area contributed by atoms with Crippen LogP contribution in [0.15, 0.2) is 23.2 Å². The van der Waals surface area contributed by atoms with E-state index in [2.05, 4.69) is 15.6 Å². The average Bonchev–Trinajstić information content (AvgIpc) is 3.21. The first-order valence-electron chi connectivity index (χ1n) is 6.67. The Labute approximate surface area is 129 Å². The highest BCUT2D eigenvalue weighted by atomic mass is 35.5. The highest BCUT2D eigenvalue weighted by Gasteiger charge is 2.21. The molecule has 1 aromatic rings. The van der Waals surface area contributed by atoms with Crippen molar-refractivity contribution in [2.75, 3.05) is 20.1 Å². The van der Waals surface area contributed by atoms with E-state index < -0.39 is 6.10 Å². The Morgan fingerprint density at radius 2 is 1.95 bits per heavy atom. The fourth-order valence-corrected chi connectivity index (χ4v) is 2.41. The summed E-state index contributed by atoms with van der Waals surface area (Å²) in [5.41, 5.74) is 0.688. The van der Waals surface area contributed by atoms with Crippen LogP contribution < -0.4 is 10.6 Å². The molecular weight excluding hydrogens is 297 g/mol. The molecule has 20 heavy (non-hydrogen) atoms. The van der Waals surface area contributed by atoms with E-state index >= 15 is 0 Å². The lowest BCUT2D eigenvalue weighted by molar-refractivity contribution is 0.181. The molecule has 0 aromatic heterocycles. The number of benzene rings is 1. The predicted molar refractivity (Wildman–Crippen MR) is 83.5 cm³/mol. The van der Waals surface area contributed by atoms with Gasteiger partial charge in [0.05, 0.1) is 6.10 Å². The Kier molecular flexibility index (Phi) is 5.52. The number of aliphatic imine (C=N–C) groups is 1. The normalized spacial score (nSPS) is 16.9. The third-order valence-electron chi connectivity index (χ3n) is 3.21. The topological polar surface area (TPSA) is 56.7 Å². The number of halogens is 2. The molecule has 0 aliphatic heterocycles. The lowest BCUT2D eigenvalue weighted by Gasteiger charge is -2.16. The Hall–Kier alpha value is -0.970. The van der Waals surface area contributed by atoms with Gasteiger partial charge in [-0.15, -0.1) is 0 Å². The molecule has 4 nitrogen and oxygen atoms in total. The molecule has 110 valence electrons. The number of nitrogens with zero attached hydrogens (tertiary/aromatic N) is 1. The van der Waals surface area contributed by atoms with Gasteiger partial charge in [0.25, 0.3) is 0 Å². The fraction of sp³-hybridized carbons (Fsp3) is 0.500. The molecule has 1 aromatic carbocycles. The van der Waals surface area contributed by atoms with Crippen LogP contribution in [0.1, 0.15) is 24.5 Å². The number of aliphatic hydroxyl groups excluding tert-OH is 1. The minimum atomic E-state index is -0.689. The first-order valence-corrected chi connectivity index (χ1v) is 7.42. The van der Waals surface area contributed by atoms with Crippen molar-refractivity contribution in [3.8, 4) is 0 Å². The van der Waals surface area contributed by atoms with E-state index in [9.17, 15) is 5.11 Å². The quantitative estimate of drug-likeness (QED) is 0.578. The van der Waals surface area contributed by atoms with Crippen LogP contribution in [0.2, 0.25) is 10.0 Å². The summed E-state index contributed by atoms with van der Waals surface area (Å²) < 4.78 is 0. The van der Waals surface area contributed by atoms with E-state index in [1.807, 2.05) is 0 Å². The lowest BCUT2D eigenvalue weighted by Crippen LogP contribution is -2.40. The van der Waals surface area contributed by atoms with Crippen molar-refractivity contribution in [2.45, 2.75) is 18.9 Å². The second-order valence-electron chi connectivity index (χ2n) is 5.00. The third kappa shape index (κ3) is 4.85. The predicted octanol–water partition coefficient (Wildman–Crippen LogP) is 2.60. The van der Waals surface area contributed by atoms with Gasteiger partial charge in [0.15, 0.2) is 5.96 Å². The van der Waals surface area contributed by atoms with Crippen molar-refractivity contribution < 1.29 is 5.11 Å². The maximum atomic E-state index is 10.1. The summed E-state index contributed by atoms with van der Waals surface area (Å²) in [5.74, 6) is 1.47. The van der Waals surface area contributed by atoms with Crippen LogP contribution in [0, 0.1) is 5.92 Å². The molecule has 1 unspecified atom stereocenters. The molecule has 1 fully saturated rings. The molecule has 0 radical (unpaired) electrons. The molecule has 1 aliphatic carbocycles. The smallest absolute Gasteiger partial charge is 0.191 e. The molecule has 1 atom stereocenters. The molecule has 1 aliphatic rings. The number of rotatable bonds is 5. The van der Waals surface area contributed by atoms with Gasteiger partial charge in [-0.2, -0.15) is 0 Å². The number of aliphatic hydroxyl groups is 1. The molecule has 0 spiro atoms. The standard InChI is InChI=1S/C14H19Cl2N3O/c1-17-14(18-7-9-2-3-9)19-8-13(20)10-4-11(15)6-12(16)5-10/h4-6,9,13,20H,2-3,7-8H2,1H3,(H2,17,18,19). The second kappa shape index (κ2) is 7.16. The Bertz CT molecular complexity index is 469. The summed E-state index contributed by atoms with van der Waals surface area (Å²) >= 11 is 11.8. The maximum Gasteiger partial charge on any atom is 0.191 e. The summed E-state index contributed by atoms with van der Waals surface area (Å²) in [6.07, 6.45) is 1.88. The van der Waals surface area contributed by atoms with Gasteiger partial charge in [-0.05, 0) is 42.5 Å². The van der Waals surface area contributed by atoms with Crippen molar-refractivity contribution in [3.63, 3.8) is 0 Å². The number of guanidine groups is 1. The SMILES string of the molecule is CN=C(NCC1CC1)NCC(O)c1cc(Cl)cc(Cl)c1. The van der Waals surface area contributed by atoms with E-state index in [1.54, 1.807) is 25.2 Å². The van der Waals surface area contributed by atoms with Crippen molar-refractivity contribution in [1.82, 2.24) is 10.6 Å². The van der Waals surface area contributed by atoms with Crippen LogP contribution in [-0.2, 0) is 0 Å². The van der Waals surface area contributed by atoms with Crippen LogP contribution in [0.4, 0.5) is 0 Å². The highest BCUT2D eigenvalue weighted by molar-refractivity contribution is 6.34. The minimum absolute atomic E-state index is 0.348. The summed E-state index contributed by atoms with van der Waals surface area (Å²) in [4.78, 5) is 4.12. The average molecular weight is 316 g/mol. The van der Waals surface area contributed by atoms with Crippen molar-refractivity contribution in [3.05, 3.63) is 33.8 Å². The van der Waals surface area contributed by atoms with Crippen LogP contribution in [-0.4, -0.2) is 31.2 Å². The summed E-state index contributed by atoms with van der Waals surface area (Å²) in [6, 6.07) is 5.06. The number of hydrogen-bond donors (Lipinski definition) is 3. The van der Waals surface area contributed by atoms with Crippen LogP contribution in [0.25, 0.3) is 0 Å². The molecule has 0 amide bonds. The molecule has 0 heterocycles. The molecule has 2 rings (SSSR count). The van der Waals surface area contributed by atoms with E-state index in [-0.39, 0.29) is 0 Å². The summed E-state index contributed by atoms with van der Waals surface area (Å²) in [6.45, 7) is 1.28. The van der Waals surface area contributed by atoms with Crippen LogP contribution in [0.3, 0.4) is 0 Å². The van der Waals surface area contributed by atoms with Gasteiger partial charge in [-0.3, -0.25) is 4.99 Å². The van der Waals surface area contributed by atoms with E-state index in [0.717, 1.165) is 12.5 Å². The molecule has 0 saturated heterocycles. The Morgan fingerprint density at radius 3 is 2.50 bits per heavy atom. The van der Waals surface area contributed by atoms with Crippen LogP contribution >= 0.6 is 23.2 Å². The summed E-state index contributed by atoms with van der Waals surface area (Å²) in [7, 11) is 1.71. The molecule has 6 heteroatoms. The van der Waals surface area contributed by atoms with E-state index in [4.69, 9.17) is 23.2 Å². The largest absolute Gasteiger partial charge is 0.387 e. The van der Waals surface area contributed by atoms with Crippen molar-refractivity contribution in [1.29, 1.82) is 0 Å². The zero-order chi connectivity index (χ0) is 14.5. The van der Waals surface area contributed by atoms with Gasteiger partial charge >= 0.3 is 0 Å². The maximum absolute atomic E-state index is 10.1. The van der Waals surface area contributed by atoms with Gasteiger partial charge in [0.1, 0.15) is 0 Å². The van der Waals surface area contributed by atoms with Crippen molar-refractivity contribution >= 4 is 29.2 Å². The minimum Gasteiger partial charge on any atom is -0.387 e. The molecule has 0 bridgehead atoms. The first-order chi connectivity index (χ1) is 9.58. The summed E-state index contributed by atoms with van der Waals surface area (Å²) in [5, 5.41) is 17.5. The zero-order valence-corrected chi connectivity index (χ0v) is 12.9. The Balaban J connectivity index is 1.84. The first kappa shape index (κ1) is 15.4. The fourth-order valence-electron chi connectivity index (χ4n) is 1.86. The number of nitrogens with one attached hydrogen (secondary N) is 2. The van der Waals surface area contributed by atoms with Crippen LogP contribution in [0.5, 0.6) is 0 Å². The third-order valence-corrected chi connectivity index (χ3v) is 3.65. The van der Waals surface area contributed by atoms with E-state index in [1.165, 1.54) is 12.8 Å². The second-order valence-corrected chi connectivity index (χ2v) is 5.87. The van der Waals surface area contributed by atoms with Gasteiger partial charge in [0.2, 0.25) is 0 Å². The molecule has 1 saturated carbocycles. The molecule has 3 N–H and O–H groups in total. The van der Waals surface area contributed by atoms with Gasteiger partial charge in [-0.25, -0.2) is 0 Å².